The van der Waals surface area contributed by atoms with Gasteiger partial charge in [-0.3, -0.25) is 4.79 Å². The van der Waals surface area contributed by atoms with Crippen molar-refractivity contribution in [2.24, 2.45) is 46.8 Å². The topological polar surface area (TPSA) is 68.0 Å². The highest BCUT2D eigenvalue weighted by Gasteiger charge is 2.65. The average Bonchev–Trinajstić information content (AvgIpc) is 3.13. The van der Waals surface area contributed by atoms with Gasteiger partial charge in [0.15, 0.2) is 5.78 Å². The quantitative estimate of drug-likeness (QED) is 0.724. The van der Waals surface area contributed by atoms with Gasteiger partial charge < -0.3 is 5.11 Å². The summed E-state index contributed by atoms with van der Waals surface area (Å²) >= 11 is 0. The molecule has 5 fully saturated rings. The Morgan fingerprint density at radius 3 is 2.55 bits per heavy atom. The number of carbonyl (C=O) groups is 1. The van der Waals surface area contributed by atoms with E-state index in [1.165, 1.54) is 38.5 Å². The van der Waals surface area contributed by atoms with Crippen LogP contribution in [0.5, 0.6) is 0 Å². The fourth-order valence-corrected chi connectivity index (χ4v) is 9.65. The van der Waals surface area contributed by atoms with E-state index in [1.807, 2.05) is 12.1 Å². The lowest BCUT2D eigenvalue weighted by Gasteiger charge is -2.56. The minimum atomic E-state index is -0.286. The van der Waals surface area contributed by atoms with Crippen molar-refractivity contribution in [3.63, 3.8) is 0 Å². The second-order valence-corrected chi connectivity index (χ2v) is 12.6. The predicted octanol–water partition coefficient (Wildman–Crippen LogP) is 4.94. The van der Waals surface area contributed by atoms with Gasteiger partial charge in [0, 0.05) is 5.92 Å². The van der Waals surface area contributed by atoms with Crippen LogP contribution in [-0.2, 0) is 11.3 Å². The maximum atomic E-state index is 13.6. The van der Waals surface area contributed by atoms with Gasteiger partial charge in [-0.2, -0.15) is 15.0 Å². The number of hydrogen-bond acceptors (Lipinski definition) is 4. The number of rotatable bonds is 3. The van der Waals surface area contributed by atoms with Crippen LogP contribution < -0.4 is 0 Å². The van der Waals surface area contributed by atoms with Crippen molar-refractivity contribution in [2.45, 2.75) is 83.8 Å². The van der Waals surface area contributed by atoms with Gasteiger partial charge in [-0.25, -0.2) is 0 Å². The Labute approximate surface area is 196 Å². The summed E-state index contributed by atoms with van der Waals surface area (Å²) < 4.78 is 0. The first-order valence-corrected chi connectivity index (χ1v) is 13.4. The molecule has 0 aliphatic heterocycles. The molecule has 7 rings (SSSR count). The van der Waals surface area contributed by atoms with Crippen molar-refractivity contribution in [1.29, 1.82) is 0 Å². The molecule has 0 saturated heterocycles. The van der Waals surface area contributed by atoms with Gasteiger partial charge in [-0.1, -0.05) is 19.1 Å². The maximum absolute atomic E-state index is 13.6. The van der Waals surface area contributed by atoms with Crippen LogP contribution in [0.1, 0.15) is 70.3 Å². The van der Waals surface area contributed by atoms with Crippen LogP contribution in [0.4, 0.5) is 0 Å². The third kappa shape index (κ3) is 2.90. The Kier molecular flexibility index (Phi) is 4.31. The standard InChI is InChI=1S/C28H37N3O2/c1-16-4-3-5-24-26(16)30-31(29-24)15-25(32)22-9-8-21-19-6-7-20-18(11-13-28(33)14-23(20)28)17(19)10-12-27(21,22)2/h3-5,17-23,33H,6-15H2,1-2H3/t17-,18-,19-,20+,21+,22-,23?,27+,28+/m1/s1. The van der Waals surface area contributed by atoms with E-state index >= 15 is 0 Å². The summed E-state index contributed by atoms with van der Waals surface area (Å²) in [7, 11) is 0. The van der Waals surface area contributed by atoms with Gasteiger partial charge in [-0.05, 0) is 117 Å². The molecule has 1 unspecified atom stereocenters. The molecule has 5 heteroatoms. The summed E-state index contributed by atoms with van der Waals surface area (Å²) in [5, 5.41) is 19.9. The van der Waals surface area contributed by atoms with Crippen LogP contribution in [0.25, 0.3) is 11.0 Å². The molecule has 2 aromatic rings. The summed E-state index contributed by atoms with van der Waals surface area (Å²) in [5.74, 6) is 5.02. The van der Waals surface area contributed by atoms with Crippen molar-refractivity contribution < 1.29 is 9.90 Å². The zero-order chi connectivity index (χ0) is 22.5. The summed E-state index contributed by atoms with van der Waals surface area (Å²) in [6.07, 6.45) is 10.7. The van der Waals surface area contributed by atoms with Gasteiger partial charge in [0.25, 0.3) is 0 Å². The SMILES string of the molecule is Cc1cccc2nn(CC(=O)[C@H]3CC[C@H]4[C@@H]5CC[C@@H]6C7C[C@@]7(O)CC[C@@H]6[C@H]5CC[C@]34C)nc12. The molecule has 5 nitrogen and oxygen atoms in total. The van der Waals surface area contributed by atoms with Crippen LogP contribution in [0.2, 0.25) is 0 Å². The van der Waals surface area contributed by atoms with Crippen LogP contribution in [0.3, 0.4) is 0 Å². The van der Waals surface area contributed by atoms with Crippen LogP contribution in [-0.4, -0.2) is 31.5 Å². The van der Waals surface area contributed by atoms with Gasteiger partial charge in [0.05, 0.1) is 5.60 Å². The number of hydrogen-bond donors (Lipinski definition) is 1. The molecule has 0 spiro atoms. The summed E-state index contributed by atoms with van der Waals surface area (Å²) in [6, 6.07) is 6.04. The zero-order valence-corrected chi connectivity index (χ0v) is 20.0. The number of fused-ring (bicyclic) bond motifs is 8. The lowest BCUT2D eigenvalue weighted by Crippen LogP contribution is -2.50. The fraction of sp³-hybridized carbons (Fsp3) is 0.750. The molecule has 5 saturated carbocycles. The van der Waals surface area contributed by atoms with Gasteiger partial charge >= 0.3 is 0 Å². The summed E-state index contributed by atoms with van der Waals surface area (Å²) in [6.45, 7) is 4.79. The predicted molar refractivity (Wildman–Crippen MR) is 126 cm³/mol. The average molecular weight is 448 g/mol. The number of nitrogens with zero attached hydrogens (tertiary/aromatic N) is 3. The van der Waals surface area contributed by atoms with E-state index < -0.39 is 0 Å². The highest BCUT2D eigenvalue weighted by molar-refractivity contribution is 5.82. The number of Topliss-reactive ketones (excluding diaryl/α,β-unsaturated/α-hetero) is 1. The molecule has 1 heterocycles. The third-order valence-corrected chi connectivity index (χ3v) is 11.3. The smallest absolute Gasteiger partial charge is 0.159 e. The van der Waals surface area contributed by atoms with Gasteiger partial charge in [-0.15, -0.1) is 0 Å². The molecule has 9 atom stereocenters. The van der Waals surface area contributed by atoms with E-state index in [9.17, 15) is 9.90 Å². The molecule has 0 amide bonds. The second-order valence-electron chi connectivity index (χ2n) is 12.6. The summed E-state index contributed by atoms with van der Waals surface area (Å²) in [4.78, 5) is 15.2. The van der Waals surface area contributed by atoms with E-state index in [2.05, 4.69) is 30.1 Å². The molecule has 33 heavy (non-hydrogen) atoms. The second kappa shape index (κ2) is 6.90. The normalized spacial score (nSPS) is 45.7. The Bertz CT molecular complexity index is 1130. The van der Waals surface area contributed by atoms with Crippen LogP contribution in [0.15, 0.2) is 18.2 Å². The Morgan fingerprint density at radius 1 is 1.00 bits per heavy atom. The Balaban J connectivity index is 1.09. The first kappa shape index (κ1) is 20.6. The Hall–Kier alpha value is -1.75. The van der Waals surface area contributed by atoms with E-state index in [0.717, 1.165) is 59.5 Å². The van der Waals surface area contributed by atoms with Gasteiger partial charge in [0.1, 0.15) is 17.6 Å². The highest BCUT2D eigenvalue weighted by Crippen LogP contribution is 2.68. The lowest BCUT2D eigenvalue weighted by atomic mass is 9.49. The molecular formula is C28H37N3O2. The molecular weight excluding hydrogens is 410 g/mol. The summed E-state index contributed by atoms with van der Waals surface area (Å²) in [5.41, 5.74) is 2.76. The molecule has 5 aliphatic rings. The number of benzene rings is 1. The van der Waals surface area contributed by atoms with Crippen molar-refractivity contribution in [1.82, 2.24) is 15.0 Å². The first-order valence-electron chi connectivity index (χ1n) is 13.4. The zero-order valence-electron chi connectivity index (χ0n) is 20.0. The Morgan fingerprint density at radius 2 is 1.76 bits per heavy atom. The highest BCUT2D eigenvalue weighted by atomic mass is 16.3. The van der Waals surface area contributed by atoms with Crippen molar-refractivity contribution >= 4 is 16.8 Å². The third-order valence-electron chi connectivity index (χ3n) is 11.3. The molecule has 1 N–H and O–H groups in total. The van der Waals surface area contributed by atoms with Crippen LogP contribution >= 0.6 is 0 Å². The number of carbonyl (C=O) groups excluding carboxylic acids is 1. The largest absolute Gasteiger partial charge is 0.390 e. The molecule has 5 aliphatic carbocycles. The maximum Gasteiger partial charge on any atom is 0.159 e. The fourth-order valence-electron chi connectivity index (χ4n) is 9.65. The molecule has 176 valence electrons. The van der Waals surface area contributed by atoms with E-state index in [-0.39, 0.29) is 16.9 Å². The minimum Gasteiger partial charge on any atom is -0.390 e. The molecule has 1 aromatic heterocycles. The van der Waals surface area contributed by atoms with Crippen molar-refractivity contribution in [3.05, 3.63) is 23.8 Å². The molecule has 1 aromatic carbocycles. The van der Waals surface area contributed by atoms with Crippen molar-refractivity contribution in [2.75, 3.05) is 0 Å². The first-order chi connectivity index (χ1) is 15.9. The number of aryl methyl sites for hydroxylation is 1. The molecule has 0 radical (unpaired) electrons. The van der Waals surface area contributed by atoms with E-state index in [4.69, 9.17) is 0 Å². The minimum absolute atomic E-state index is 0.141. The van der Waals surface area contributed by atoms with Gasteiger partial charge in [0.2, 0.25) is 0 Å². The molecule has 0 bridgehead atoms. The number of aliphatic hydroxyl groups is 1. The van der Waals surface area contributed by atoms with Crippen LogP contribution in [0, 0.1) is 53.8 Å². The van der Waals surface area contributed by atoms with E-state index in [1.54, 1.807) is 4.80 Å². The van der Waals surface area contributed by atoms with E-state index in [0.29, 0.717) is 24.2 Å². The monoisotopic (exact) mass is 447 g/mol. The van der Waals surface area contributed by atoms with Crippen molar-refractivity contribution in [3.8, 4) is 0 Å². The number of ketones is 1. The lowest BCUT2D eigenvalue weighted by molar-refractivity contribution is -0.132. The number of aromatic nitrogens is 3.